The van der Waals surface area contributed by atoms with Crippen molar-refractivity contribution in [1.29, 1.82) is 0 Å². The summed E-state index contributed by atoms with van der Waals surface area (Å²) < 4.78 is 11.0. The highest BCUT2D eigenvalue weighted by Gasteiger charge is 2.16. The molecule has 4 nitrogen and oxygen atoms in total. The van der Waals surface area contributed by atoms with Crippen molar-refractivity contribution >= 4 is 5.97 Å². The molecule has 132 valence electrons. The molecule has 0 heterocycles. The van der Waals surface area contributed by atoms with Crippen LogP contribution in [0.3, 0.4) is 0 Å². The zero-order valence-corrected chi connectivity index (χ0v) is 14.6. The molecule has 0 bridgehead atoms. The van der Waals surface area contributed by atoms with Gasteiger partial charge in [-0.3, -0.25) is 0 Å². The van der Waals surface area contributed by atoms with E-state index in [2.05, 4.69) is 13.8 Å². The molecule has 22 heavy (non-hydrogen) atoms. The Morgan fingerprint density at radius 2 is 1.41 bits per heavy atom. The number of rotatable bonds is 17. The quantitative estimate of drug-likeness (QED) is 0.391. The van der Waals surface area contributed by atoms with Gasteiger partial charge < -0.3 is 14.6 Å². The van der Waals surface area contributed by atoms with Crippen LogP contribution < -0.4 is 0 Å². The monoisotopic (exact) mass is 316 g/mol. The summed E-state index contributed by atoms with van der Waals surface area (Å²) in [5.41, 5.74) is 0. The minimum Gasteiger partial charge on any atom is -0.479 e. The van der Waals surface area contributed by atoms with Gasteiger partial charge in [0.15, 0.2) is 6.10 Å². The average Bonchev–Trinajstić information content (AvgIpc) is 2.51. The number of carboxylic acids is 1. The van der Waals surface area contributed by atoms with Gasteiger partial charge in [0, 0.05) is 19.8 Å². The van der Waals surface area contributed by atoms with Crippen molar-refractivity contribution in [2.24, 2.45) is 0 Å². The van der Waals surface area contributed by atoms with Crippen LogP contribution in [0.25, 0.3) is 0 Å². The van der Waals surface area contributed by atoms with E-state index in [0.717, 1.165) is 32.3 Å². The summed E-state index contributed by atoms with van der Waals surface area (Å²) in [7, 11) is 0. The lowest BCUT2D eigenvalue weighted by atomic mass is 10.1. The van der Waals surface area contributed by atoms with Gasteiger partial charge in [-0.05, 0) is 19.3 Å². The van der Waals surface area contributed by atoms with E-state index in [0.29, 0.717) is 19.6 Å². The largest absolute Gasteiger partial charge is 0.479 e. The molecule has 0 rings (SSSR count). The summed E-state index contributed by atoms with van der Waals surface area (Å²) in [6.45, 7) is 6.23. The van der Waals surface area contributed by atoms with Crippen molar-refractivity contribution in [2.75, 3.05) is 19.8 Å². The van der Waals surface area contributed by atoms with Gasteiger partial charge in [-0.15, -0.1) is 0 Å². The van der Waals surface area contributed by atoms with E-state index in [4.69, 9.17) is 14.6 Å². The summed E-state index contributed by atoms with van der Waals surface area (Å²) in [6.07, 6.45) is 11.6. The Bertz CT molecular complexity index is 243. The topological polar surface area (TPSA) is 55.8 Å². The van der Waals surface area contributed by atoms with Gasteiger partial charge in [-0.25, -0.2) is 4.79 Å². The second-order valence-electron chi connectivity index (χ2n) is 5.93. The van der Waals surface area contributed by atoms with E-state index in [-0.39, 0.29) is 0 Å². The summed E-state index contributed by atoms with van der Waals surface area (Å²) in [5, 5.41) is 9.02. The Labute approximate surface area is 136 Å². The van der Waals surface area contributed by atoms with Crippen LogP contribution in [0, 0.1) is 0 Å². The summed E-state index contributed by atoms with van der Waals surface area (Å²) in [6, 6.07) is 0. The van der Waals surface area contributed by atoms with Crippen molar-refractivity contribution in [3.05, 3.63) is 0 Å². The van der Waals surface area contributed by atoms with Gasteiger partial charge in [0.05, 0.1) is 0 Å². The molecule has 0 radical (unpaired) electrons. The Kier molecular flexibility index (Phi) is 16.3. The Balaban J connectivity index is 3.29. The highest BCUT2D eigenvalue weighted by molar-refractivity contribution is 5.72. The Morgan fingerprint density at radius 1 is 0.818 bits per heavy atom. The van der Waals surface area contributed by atoms with Gasteiger partial charge in [0.25, 0.3) is 0 Å². The van der Waals surface area contributed by atoms with Crippen LogP contribution in [-0.2, 0) is 14.3 Å². The highest BCUT2D eigenvalue weighted by atomic mass is 16.5. The SMILES string of the molecule is CCCCCCCCCOCCCOC(CCCC)C(=O)O. The summed E-state index contributed by atoms with van der Waals surface area (Å²) >= 11 is 0. The predicted octanol–water partition coefficient (Wildman–Crippen LogP) is 4.80. The molecule has 0 spiro atoms. The van der Waals surface area contributed by atoms with Gasteiger partial charge in [0.1, 0.15) is 0 Å². The van der Waals surface area contributed by atoms with Crippen LogP contribution in [-0.4, -0.2) is 37.0 Å². The fraction of sp³-hybridized carbons (Fsp3) is 0.944. The van der Waals surface area contributed by atoms with E-state index in [1.54, 1.807) is 0 Å². The number of carboxylic acid groups (broad SMARTS) is 1. The first kappa shape index (κ1) is 21.4. The molecule has 0 aromatic carbocycles. The number of hydrogen-bond donors (Lipinski definition) is 1. The third-order valence-corrected chi connectivity index (χ3v) is 3.74. The van der Waals surface area contributed by atoms with Crippen molar-refractivity contribution < 1.29 is 19.4 Å². The second kappa shape index (κ2) is 16.8. The van der Waals surface area contributed by atoms with Gasteiger partial charge in [0.2, 0.25) is 0 Å². The van der Waals surface area contributed by atoms with Crippen molar-refractivity contribution in [3.63, 3.8) is 0 Å². The molecule has 1 N–H and O–H groups in total. The first-order valence-corrected chi connectivity index (χ1v) is 9.14. The standard InChI is InChI=1S/C18H36O4/c1-3-5-7-8-9-10-11-14-21-15-12-16-22-17(18(19)20)13-6-4-2/h17H,3-16H2,1-2H3,(H,19,20). The number of carbonyl (C=O) groups is 1. The smallest absolute Gasteiger partial charge is 0.332 e. The number of unbranched alkanes of at least 4 members (excludes halogenated alkanes) is 7. The lowest BCUT2D eigenvalue weighted by molar-refractivity contribution is -0.151. The molecule has 0 aromatic heterocycles. The summed E-state index contributed by atoms with van der Waals surface area (Å²) in [4.78, 5) is 11.0. The molecule has 1 unspecified atom stereocenters. The minimum atomic E-state index is -0.850. The zero-order chi connectivity index (χ0) is 16.5. The normalized spacial score (nSPS) is 12.5. The predicted molar refractivity (Wildman–Crippen MR) is 90.3 cm³/mol. The number of aliphatic carboxylic acids is 1. The molecular formula is C18H36O4. The van der Waals surface area contributed by atoms with Gasteiger partial charge >= 0.3 is 5.97 Å². The molecule has 0 saturated carbocycles. The van der Waals surface area contributed by atoms with Crippen LogP contribution >= 0.6 is 0 Å². The van der Waals surface area contributed by atoms with E-state index in [9.17, 15) is 4.79 Å². The maximum Gasteiger partial charge on any atom is 0.332 e. The second-order valence-corrected chi connectivity index (χ2v) is 5.93. The fourth-order valence-corrected chi connectivity index (χ4v) is 2.32. The fourth-order valence-electron chi connectivity index (χ4n) is 2.32. The van der Waals surface area contributed by atoms with Crippen LogP contribution in [0.4, 0.5) is 0 Å². The summed E-state index contributed by atoms with van der Waals surface area (Å²) in [5.74, 6) is -0.850. The first-order valence-electron chi connectivity index (χ1n) is 9.14. The molecule has 0 aliphatic heterocycles. The molecule has 4 heteroatoms. The molecule has 0 aliphatic carbocycles. The van der Waals surface area contributed by atoms with Gasteiger partial charge in [-0.2, -0.15) is 0 Å². The minimum absolute atomic E-state index is 0.470. The number of ether oxygens (including phenoxy) is 2. The van der Waals surface area contributed by atoms with Crippen LogP contribution in [0.5, 0.6) is 0 Å². The highest BCUT2D eigenvalue weighted by Crippen LogP contribution is 2.07. The van der Waals surface area contributed by atoms with Crippen molar-refractivity contribution in [2.45, 2.75) is 90.6 Å². The third kappa shape index (κ3) is 14.3. The van der Waals surface area contributed by atoms with E-state index < -0.39 is 12.1 Å². The molecule has 1 atom stereocenters. The van der Waals surface area contributed by atoms with Crippen LogP contribution in [0.1, 0.15) is 84.5 Å². The molecule has 0 amide bonds. The lowest BCUT2D eigenvalue weighted by Crippen LogP contribution is -2.24. The molecule has 0 saturated heterocycles. The first-order chi connectivity index (χ1) is 10.7. The maximum absolute atomic E-state index is 11.0. The van der Waals surface area contributed by atoms with Crippen LogP contribution in [0.2, 0.25) is 0 Å². The maximum atomic E-state index is 11.0. The molecule has 0 aromatic rings. The van der Waals surface area contributed by atoms with E-state index in [1.807, 2.05) is 0 Å². The van der Waals surface area contributed by atoms with E-state index >= 15 is 0 Å². The van der Waals surface area contributed by atoms with Crippen LogP contribution in [0.15, 0.2) is 0 Å². The zero-order valence-electron chi connectivity index (χ0n) is 14.6. The lowest BCUT2D eigenvalue weighted by Gasteiger charge is -2.13. The Hall–Kier alpha value is -0.610. The van der Waals surface area contributed by atoms with E-state index in [1.165, 1.54) is 38.5 Å². The molecule has 0 aliphatic rings. The average molecular weight is 316 g/mol. The number of hydrogen-bond acceptors (Lipinski definition) is 3. The van der Waals surface area contributed by atoms with Gasteiger partial charge in [-0.1, -0.05) is 65.2 Å². The molecular weight excluding hydrogens is 280 g/mol. The van der Waals surface area contributed by atoms with Crippen molar-refractivity contribution in [3.8, 4) is 0 Å². The third-order valence-electron chi connectivity index (χ3n) is 3.74. The van der Waals surface area contributed by atoms with Crippen molar-refractivity contribution in [1.82, 2.24) is 0 Å². The molecule has 0 fully saturated rings. The Morgan fingerprint density at radius 3 is 2.05 bits per heavy atom.